The molecule has 0 radical (unpaired) electrons. The Morgan fingerprint density at radius 2 is 2.00 bits per heavy atom. The van der Waals surface area contributed by atoms with Gasteiger partial charge in [-0.05, 0) is 32.3 Å². The molecule has 0 amide bonds. The van der Waals surface area contributed by atoms with E-state index >= 15 is 0 Å². The van der Waals surface area contributed by atoms with Crippen molar-refractivity contribution in [2.45, 2.75) is 6.54 Å². The van der Waals surface area contributed by atoms with Crippen LogP contribution in [0.25, 0.3) is 22.2 Å². The first kappa shape index (κ1) is 19.5. The Labute approximate surface area is 169 Å². The Hall–Kier alpha value is -2.81. The fourth-order valence-corrected chi connectivity index (χ4v) is 3.73. The molecule has 1 aromatic carbocycles. The van der Waals surface area contributed by atoms with Crippen molar-refractivity contribution >= 4 is 22.4 Å². The molecule has 8 heteroatoms. The molecule has 0 atom stereocenters. The van der Waals surface area contributed by atoms with Crippen molar-refractivity contribution in [3.63, 3.8) is 0 Å². The van der Waals surface area contributed by atoms with Gasteiger partial charge in [0, 0.05) is 55.2 Å². The van der Waals surface area contributed by atoms with Gasteiger partial charge in [-0.1, -0.05) is 0 Å². The maximum atomic E-state index is 13.4. The lowest BCUT2D eigenvalue weighted by molar-refractivity contribution is 0.104. The highest BCUT2D eigenvalue weighted by atomic mass is 16.3. The average molecular weight is 394 g/mol. The van der Waals surface area contributed by atoms with Gasteiger partial charge in [-0.25, -0.2) is 0 Å². The molecule has 0 saturated heterocycles. The Kier molecular flexibility index (Phi) is 5.57. The zero-order valence-electron chi connectivity index (χ0n) is 16.8. The molecule has 0 bridgehead atoms. The Morgan fingerprint density at radius 3 is 2.79 bits per heavy atom. The smallest absolute Gasteiger partial charge is 0.198 e. The summed E-state index contributed by atoms with van der Waals surface area (Å²) in [6.07, 6.45) is 3.33. The average Bonchev–Trinajstić information content (AvgIpc) is 3.09. The highest BCUT2D eigenvalue weighted by Crippen LogP contribution is 2.41. The van der Waals surface area contributed by atoms with Crippen LogP contribution in [-0.2, 0) is 6.54 Å². The summed E-state index contributed by atoms with van der Waals surface area (Å²) in [5.74, 6) is -0.0171. The number of hydrogen-bond donors (Lipinski definition) is 3. The van der Waals surface area contributed by atoms with Crippen LogP contribution in [0.1, 0.15) is 15.9 Å². The van der Waals surface area contributed by atoms with Crippen molar-refractivity contribution in [2.24, 2.45) is 0 Å². The quantitative estimate of drug-likeness (QED) is 0.367. The predicted molar refractivity (Wildman–Crippen MR) is 113 cm³/mol. The first-order valence-corrected chi connectivity index (χ1v) is 9.84. The van der Waals surface area contributed by atoms with Crippen molar-refractivity contribution < 1.29 is 9.90 Å². The van der Waals surface area contributed by atoms with E-state index in [2.05, 4.69) is 20.5 Å². The van der Waals surface area contributed by atoms with E-state index in [1.807, 2.05) is 37.0 Å². The molecule has 3 N–H and O–H groups in total. The van der Waals surface area contributed by atoms with Crippen LogP contribution in [0.5, 0.6) is 0 Å². The number of fused-ring (bicyclic) bond motifs is 2. The first-order chi connectivity index (χ1) is 14.1. The number of nitrogens with zero attached hydrogens (tertiary/aromatic N) is 4. The molecule has 0 fully saturated rings. The third kappa shape index (κ3) is 3.62. The number of aromatic nitrogens is 3. The summed E-state index contributed by atoms with van der Waals surface area (Å²) >= 11 is 0. The number of aliphatic hydroxyl groups excluding tert-OH is 1. The van der Waals surface area contributed by atoms with E-state index in [1.54, 1.807) is 12.4 Å². The van der Waals surface area contributed by atoms with E-state index in [0.29, 0.717) is 30.8 Å². The highest BCUT2D eigenvalue weighted by Gasteiger charge is 2.31. The minimum atomic E-state index is -0.0171. The Morgan fingerprint density at radius 1 is 1.14 bits per heavy atom. The standard InChI is InChI=1S/C21H26N6O2/c1-26(2)10-8-24-16-3-4-17-19-18(16)21(29)15-13-23-6-5-14(15)20(19)25-27(17)11-7-22-9-12-28/h3-6,13,22,24,28H,7-12H2,1-2H3. The topological polar surface area (TPSA) is 95.3 Å². The van der Waals surface area contributed by atoms with Crippen LogP contribution >= 0.6 is 0 Å². The summed E-state index contributed by atoms with van der Waals surface area (Å²) in [6, 6.07) is 5.85. The Balaban J connectivity index is 1.79. The lowest BCUT2D eigenvalue weighted by atomic mass is 9.87. The predicted octanol–water partition coefficient (Wildman–Crippen LogP) is 1.20. The number of pyridine rings is 1. The summed E-state index contributed by atoms with van der Waals surface area (Å²) < 4.78 is 1.94. The maximum Gasteiger partial charge on any atom is 0.198 e. The number of carbonyl (C=O) groups is 1. The van der Waals surface area contributed by atoms with Gasteiger partial charge < -0.3 is 20.6 Å². The van der Waals surface area contributed by atoms with Crippen LogP contribution in [0.3, 0.4) is 0 Å². The fourth-order valence-electron chi connectivity index (χ4n) is 3.73. The van der Waals surface area contributed by atoms with Crippen molar-refractivity contribution in [3.05, 3.63) is 41.7 Å². The normalized spacial score (nSPS) is 12.6. The number of nitrogens with one attached hydrogen (secondary N) is 2. The fraction of sp³-hybridized carbons (Fsp3) is 0.381. The third-order valence-corrected chi connectivity index (χ3v) is 5.13. The van der Waals surface area contributed by atoms with Gasteiger partial charge in [0.15, 0.2) is 5.78 Å². The van der Waals surface area contributed by atoms with Crippen molar-refractivity contribution in [2.75, 3.05) is 52.2 Å². The van der Waals surface area contributed by atoms with Gasteiger partial charge in [-0.2, -0.15) is 5.10 Å². The molecule has 3 aromatic rings. The van der Waals surface area contributed by atoms with Gasteiger partial charge in [-0.15, -0.1) is 0 Å². The molecule has 0 saturated carbocycles. The summed E-state index contributed by atoms with van der Waals surface area (Å²) in [5.41, 5.74) is 4.69. The van der Waals surface area contributed by atoms with Crippen molar-refractivity contribution in [3.8, 4) is 11.3 Å². The minimum absolute atomic E-state index is 0.0171. The summed E-state index contributed by atoms with van der Waals surface area (Å²) in [5, 5.41) is 21.3. The second kappa shape index (κ2) is 8.28. The van der Waals surface area contributed by atoms with Crippen LogP contribution in [-0.4, -0.2) is 77.4 Å². The molecule has 4 rings (SSSR count). The number of hydrogen-bond acceptors (Lipinski definition) is 7. The lowest BCUT2D eigenvalue weighted by Crippen LogP contribution is -2.23. The number of anilines is 1. The molecule has 8 nitrogen and oxygen atoms in total. The van der Waals surface area contributed by atoms with E-state index in [4.69, 9.17) is 10.2 Å². The van der Waals surface area contributed by atoms with Gasteiger partial charge in [0.2, 0.25) is 0 Å². The molecule has 0 aliphatic heterocycles. The van der Waals surface area contributed by atoms with Crippen LogP contribution in [0.4, 0.5) is 5.69 Å². The Bertz CT molecular complexity index is 1040. The molecule has 1 aliphatic carbocycles. The number of likely N-dealkylation sites (N-methyl/N-ethyl adjacent to an activating group) is 1. The molecular formula is C21H26N6O2. The van der Waals surface area contributed by atoms with Gasteiger partial charge >= 0.3 is 0 Å². The monoisotopic (exact) mass is 394 g/mol. The SMILES string of the molecule is CN(C)CCNc1ccc2c3c(nn2CCNCCO)-c2ccncc2C(=O)c13. The number of benzene rings is 1. The molecule has 152 valence electrons. The molecule has 1 aliphatic rings. The van der Waals surface area contributed by atoms with Gasteiger partial charge in [0.05, 0.1) is 29.8 Å². The zero-order chi connectivity index (χ0) is 20.4. The number of aliphatic hydroxyl groups is 1. The molecule has 29 heavy (non-hydrogen) atoms. The van der Waals surface area contributed by atoms with Crippen LogP contribution in [0.2, 0.25) is 0 Å². The van der Waals surface area contributed by atoms with Crippen LogP contribution < -0.4 is 10.6 Å². The lowest BCUT2D eigenvalue weighted by Gasteiger charge is -2.19. The van der Waals surface area contributed by atoms with E-state index in [0.717, 1.165) is 40.9 Å². The highest BCUT2D eigenvalue weighted by molar-refractivity contribution is 6.27. The largest absolute Gasteiger partial charge is 0.395 e. The van der Waals surface area contributed by atoms with Gasteiger partial charge in [0.25, 0.3) is 0 Å². The van der Waals surface area contributed by atoms with Crippen molar-refractivity contribution in [1.29, 1.82) is 0 Å². The summed E-state index contributed by atoms with van der Waals surface area (Å²) in [6.45, 7) is 3.60. The molecular weight excluding hydrogens is 368 g/mol. The van der Waals surface area contributed by atoms with Crippen LogP contribution in [0, 0.1) is 0 Å². The molecule has 2 heterocycles. The van der Waals surface area contributed by atoms with Gasteiger partial charge in [-0.3, -0.25) is 14.5 Å². The second-order valence-corrected chi connectivity index (χ2v) is 7.41. The molecule has 0 unspecified atom stereocenters. The summed E-state index contributed by atoms with van der Waals surface area (Å²) in [4.78, 5) is 19.6. The summed E-state index contributed by atoms with van der Waals surface area (Å²) in [7, 11) is 4.05. The first-order valence-electron chi connectivity index (χ1n) is 9.84. The minimum Gasteiger partial charge on any atom is -0.395 e. The van der Waals surface area contributed by atoms with Crippen LogP contribution in [0.15, 0.2) is 30.6 Å². The number of rotatable bonds is 9. The second-order valence-electron chi connectivity index (χ2n) is 7.41. The van der Waals surface area contributed by atoms with E-state index in [9.17, 15) is 4.79 Å². The zero-order valence-corrected chi connectivity index (χ0v) is 16.8. The number of carbonyl (C=O) groups excluding carboxylic acids is 1. The molecule has 2 aromatic heterocycles. The maximum absolute atomic E-state index is 13.4. The van der Waals surface area contributed by atoms with E-state index < -0.39 is 0 Å². The van der Waals surface area contributed by atoms with Crippen molar-refractivity contribution in [1.82, 2.24) is 25.0 Å². The van der Waals surface area contributed by atoms with E-state index in [-0.39, 0.29) is 12.4 Å². The molecule has 0 spiro atoms. The number of ketones is 1. The van der Waals surface area contributed by atoms with Gasteiger partial charge in [0.1, 0.15) is 5.69 Å². The third-order valence-electron chi connectivity index (χ3n) is 5.13. The van der Waals surface area contributed by atoms with E-state index in [1.165, 1.54) is 0 Å².